The average molecular weight is 332 g/mol. The Balaban J connectivity index is 1.68. The van der Waals surface area contributed by atoms with Gasteiger partial charge in [-0.15, -0.1) is 0 Å². The molecule has 24 heavy (non-hydrogen) atoms. The summed E-state index contributed by atoms with van der Waals surface area (Å²) in [6, 6.07) is 0. The second-order valence-electron chi connectivity index (χ2n) is 9.34. The van der Waals surface area contributed by atoms with Crippen molar-refractivity contribution in [2.75, 3.05) is 6.61 Å². The first-order valence-corrected chi connectivity index (χ1v) is 9.91. The lowest BCUT2D eigenvalue weighted by Gasteiger charge is -2.58. The third-order valence-corrected chi connectivity index (χ3v) is 8.57. The molecule has 0 aromatic carbocycles. The Labute approximate surface area is 145 Å². The SMILES string of the molecule is CC(=O)[C@@H]1CC[C@@H]2[C@@H]3CC=C4CC(O)CC[C@]4(CO)[C@@H]3CC[C@@]21C. The summed E-state index contributed by atoms with van der Waals surface area (Å²) in [6.07, 6.45) is 10.2. The van der Waals surface area contributed by atoms with Crippen molar-refractivity contribution in [3.05, 3.63) is 11.6 Å². The number of ketones is 1. The molecule has 4 aliphatic carbocycles. The molecule has 0 saturated heterocycles. The van der Waals surface area contributed by atoms with E-state index in [4.69, 9.17) is 0 Å². The summed E-state index contributed by atoms with van der Waals surface area (Å²) in [5, 5.41) is 20.5. The normalized spacial score (nSPS) is 50.5. The van der Waals surface area contributed by atoms with E-state index in [-0.39, 0.29) is 29.5 Å². The molecule has 3 nitrogen and oxygen atoms in total. The van der Waals surface area contributed by atoms with E-state index >= 15 is 0 Å². The first kappa shape index (κ1) is 16.8. The van der Waals surface area contributed by atoms with Gasteiger partial charge < -0.3 is 10.2 Å². The molecule has 0 aliphatic heterocycles. The van der Waals surface area contributed by atoms with Gasteiger partial charge >= 0.3 is 0 Å². The first-order chi connectivity index (χ1) is 11.4. The number of carbonyl (C=O) groups excluding carboxylic acids is 1. The van der Waals surface area contributed by atoms with Crippen LogP contribution in [0.15, 0.2) is 11.6 Å². The minimum atomic E-state index is -0.227. The summed E-state index contributed by atoms with van der Waals surface area (Å²) in [5.74, 6) is 2.39. The van der Waals surface area contributed by atoms with E-state index in [0.29, 0.717) is 23.5 Å². The van der Waals surface area contributed by atoms with E-state index in [9.17, 15) is 15.0 Å². The highest BCUT2D eigenvalue weighted by Gasteiger charge is 2.60. The summed E-state index contributed by atoms with van der Waals surface area (Å²) in [7, 11) is 0. The Morgan fingerprint density at radius 2 is 2.00 bits per heavy atom. The van der Waals surface area contributed by atoms with Crippen LogP contribution < -0.4 is 0 Å². The molecule has 0 bridgehead atoms. The number of allylic oxidation sites excluding steroid dienone is 1. The molecule has 0 spiro atoms. The van der Waals surface area contributed by atoms with Crippen LogP contribution in [0, 0.1) is 34.5 Å². The van der Waals surface area contributed by atoms with Crippen molar-refractivity contribution in [1.82, 2.24) is 0 Å². The topological polar surface area (TPSA) is 57.5 Å². The fourth-order valence-corrected chi connectivity index (χ4v) is 7.40. The summed E-state index contributed by atoms with van der Waals surface area (Å²) in [5.41, 5.74) is 1.41. The minimum Gasteiger partial charge on any atom is -0.395 e. The zero-order valence-electron chi connectivity index (χ0n) is 15.1. The predicted molar refractivity (Wildman–Crippen MR) is 93.3 cm³/mol. The van der Waals surface area contributed by atoms with Gasteiger partial charge in [0.15, 0.2) is 0 Å². The smallest absolute Gasteiger partial charge is 0.133 e. The predicted octanol–water partition coefficient (Wildman–Crippen LogP) is 3.49. The Kier molecular flexibility index (Phi) is 3.96. The Morgan fingerprint density at radius 3 is 2.71 bits per heavy atom. The van der Waals surface area contributed by atoms with Gasteiger partial charge in [0.2, 0.25) is 0 Å². The molecule has 0 aromatic rings. The molecule has 134 valence electrons. The quantitative estimate of drug-likeness (QED) is 0.761. The molecule has 3 saturated carbocycles. The number of hydrogen-bond acceptors (Lipinski definition) is 3. The highest BCUT2D eigenvalue weighted by molar-refractivity contribution is 5.79. The van der Waals surface area contributed by atoms with E-state index in [0.717, 1.165) is 44.9 Å². The van der Waals surface area contributed by atoms with Crippen LogP contribution in [0.25, 0.3) is 0 Å². The van der Waals surface area contributed by atoms with Crippen molar-refractivity contribution in [2.24, 2.45) is 34.5 Å². The Morgan fingerprint density at radius 1 is 1.21 bits per heavy atom. The monoisotopic (exact) mass is 332 g/mol. The van der Waals surface area contributed by atoms with Gasteiger partial charge in [0.05, 0.1) is 12.7 Å². The van der Waals surface area contributed by atoms with Crippen LogP contribution in [0.3, 0.4) is 0 Å². The van der Waals surface area contributed by atoms with Crippen LogP contribution in [0.2, 0.25) is 0 Å². The zero-order chi connectivity index (χ0) is 17.1. The molecule has 0 amide bonds. The van der Waals surface area contributed by atoms with Crippen molar-refractivity contribution >= 4 is 5.78 Å². The Hall–Kier alpha value is -0.670. The number of hydrogen-bond donors (Lipinski definition) is 2. The van der Waals surface area contributed by atoms with Crippen molar-refractivity contribution in [2.45, 2.75) is 71.3 Å². The van der Waals surface area contributed by atoms with E-state index in [1.54, 1.807) is 6.92 Å². The highest BCUT2D eigenvalue weighted by Crippen LogP contribution is 2.66. The highest BCUT2D eigenvalue weighted by atomic mass is 16.3. The minimum absolute atomic E-state index is 0.0855. The summed E-state index contributed by atoms with van der Waals surface area (Å²) < 4.78 is 0. The van der Waals surface area contributed by atoms with Gasteiger partial charge in [0.25, 0.3) is 0 Å². The molecule has 0 radical (unpaired) electrons. The van der Waals surface area contributed by atoms with Crippen LogP contribution >= 0.6 is 0 Å². The van der Waals surface area contributed by atoms with Gasteiger partial charge in [0.1, 0.15) is 5.78 Å². The fraction of sp³-hybridized carbons (Fsp3) is 0.857. The van der Waals surface area contributed by atoms with Gasteiger partial charge in [-0.3, -0.25) is 4.79 Å². The van der Waals surface area contributed by atoms with Gasteiger partial charge in [-0.2, -0.15) is 0 Å². The molecule has 2 N–H and O–H groups in total. The van der Waals surface area contributed by atoms with Gasteiger partial charge in [-0.25, -0.2) is 0 Å². The number of Topliss-reactive ketones (excluding diaryl/α,β-unsaturated/α-hetero) is 1. The van der Waals surface area contributed by atoms with Gasteiger partial charge in [0, 0.05) is 11.3 Å². The number of carbonyl (C=O) groups is 1. The molecular weight excluding hydrogens is 300 g/mol. The number of aliphatic hydroxyl groups is 2. The molecule has 0 aromatic heterocycles. The van der Waals surface area contributed by atoms with E-state index in [1.807, 2.05) is 0 Å². The van der Waals surface area contributed by atoms with Crippen molar-refractivity contribution in [3.8, 4) is 0 Å². The fourth-order valence-electron chi connectivity index (χ4n) is 7.40. The molecule has 4 rings (SSSR count). The molecule has 7 atom stereocenters. The largest absolute Gasteiger partial charge is 0.395 e. The standard InChI is InChI=1S/C21H32O3/c1-13(23)17-5-6-18-16-4-3-14-11-15(24)7-10-21(14,12-22)19(16)8-9-20(17,18)2/h3,15-19,22,24H,4-12H2,1-2H3/t15?,16-,17-,18+,19+,20+,21+/m0/s1. The number of rotatable bonds is 2. The first-order valence-electron chi connectivity index (χ1n) is 9.91. The van der Waals surface area contributed by atoms with Crippen LogP contribution in [-0.4, -0.2) is 28.7 Å². The number of aliphatic hydroxyl groups excluding tert-OH is 2. The molecule has 3 heteroatoms. The van der Waals surface area contributed by atoms with Crippen LogP contribution in [0.1, 0.15) is 65.2 Å². The van der Waals surface area contributed by atoms with Crippen molar-refractivity contribution in [3.63, 3.8) is 0 Å². The second kappa shape index (κ2) is 5.67. The zero-order valence-corrected chi connectivity index (χ0v) is 15.1. The third kappa shape index (κ3) is 2.13. The molecule has 1 unspecified atom stereocenters. The van der Waals surface area contributed by atoms with Crippen LogP contribution in [-0.2, 0) is 4.79 Å². The Bertz CT molecular complexity index is 567. The van der Waals surface area contributed by atoms with Crippen LogP contribution in [0.4, 0.5) is 0 Å². The van der Waals surface area contributed by atoms with Crippen molar-refractivity contribution < 1.29 is 15.0 Å². The van der Waals surface area contributed by atoms with E-state index in [1.165, 1.54) is 12.0 Å². The lowest BCUT2D eigenvalue weighted by Crippen LogP contribution is -2.53. The van der Waals surface area contributed by atoms with Crippen LogP contribution in [0.5, 0.6) is 0 Å². The van der Waals surface area contributed by atoms with Gasteiger partial charge in [-0.1, -0.05) is 18.6 Å². The van der Waals surface area contributed by atoms with E-state index < -0.39 is 0 Å². The maximum atomic E-state index is 12.2. The maximum Gasteiger partial charge on any atom is 0.133 e. The summed E-state index contributed by atoms with van der Waals surface area (Å²) >= 11 is 0. The van der Waals surface area contributed by atoms with E-state index in [2.05, 4.69) is 13.0 Å². The molecule has 3 fully saturated rings. The molecular formula is C21H32O3. The van der Waals surface area contributed by atoms with Gasteiger partial charge in [-0.05, 0) is 81.5 Å². The number of fused-ring (bicyclic) bond motifs is 5. The average Bonchev–Trinajstić information content (AvgIpc) is 2.91. The lowest BCUT2D eigenvalue weighted by molar-refractivity contribution is -0.128. The lowest BCUT2D eigenvalue weighted by atomic mass is 9.47. The third-order valence-electron chi connectivity index (χ3n) is 8.57. The molecule has 0 heterocycles. The van der Waals surface area contributed by atoms with Crippen molar-refractivity contribution in [1.29, 1.82) is 0 Å². The molecule has 4 aliphatic rings. The second-order valence-corrected chi connectivity index (χ2v) is 9.34. The summed E-state index contributed by atoms with van der Waals surface area (Å²) in [4.78, 5) is 12.2. The maximum absolute atomic E-state index is 12.2. The summed E-state index contributed by atoms with van der Waals surface area (Å²) in [6.45, 7) is 4.37.